The van der Waals surface area contributed by atoms with Gasteiger partial charge in [0.2, 0.25) is 0 Å². The molecular weight excluding hydrogens is 334 g/mol. The van der Waals surface area contributed by atoms with Crippen LogP contribution in [0.2, 0.25) is 10.0 Å². The summed E-state index contributed by atoms with van der Waals surface area (Å²) in [7, 11) is 0. The fraction of sp³-hybridized carbons (Fsp3) is 0.333. The molecule has 122 valence electrons. The molecule has 0 radical (unpaired) electrons. The van der Waals surface area contributed by atoms with Gasteiger partial charge in [0.25, 0.3) is 0 Å². The Labute approximate surface area is 146 Å². The van der Waals surface area contributed by atoms with Crippen LogP contribution in [-0.4, -0.2) is 36.0 Å². The molecule has 23 heavy (non-hydrogen) atoms. The van der Waals surface area contributed by atoms with Crippen molar-refractivity contribution in [3.05, 3.63) is 69.5 Å². The van der Waals surface area contributed by atoms with Crippen LogP contribution in [0.1, 0.15) is 11.1 Å². The van der Waals surface area contributed by atoms with Crippen LogP contribution in [0.5, 0.6) is 0 Å². The zero-order valence-electron chi connectivity index (χ0n) is 12.8. The Kier molecular flexibility index (Phi) is 5.54. The lowest BCUT2D eigenvalue weighted by atomic mass is 10.1. The minimum absolute atomic E-state index is 0.180. The summed E-state index contributed by atoms with van der Waals surface area (Å²) in [5.74, 6) is -0.180. The van der Waals surface area contributed by atoms with Crippen LogP contribution >= 0.6 is 23.2 Å². The summed E-state index contributed by atoms with van der Waals surface area (Å²) < 4.78 is 12.9. The lowest BCUT2D eigenvalue weighted by Gasteiger charge is -2.34. The van der Waals surface area contributed by atoms with Crippen molar-refractivity contribution >= 4 is 23.2 Å². The Morgan fingerprint density at radius 1 is 0.739 bits per heavy atom. The molecule has 3 rings (SSSR count). The maximum Gasteiger partial charge on any atom is 0.123 e. The molecule has 0 N–H and O–H groups in total. The van der Waals surface area contributed by atoms with Crippen molar-refractivity contribution in [2.45, 2.75) is 13.1 Å². The number of benzene rings is 2. The first-order valence-electron chi connectivity index (χ1n) is 7.73. The molecule has 0 spiro atoms. The van der Waals surface area contributed by atoms with Crippen LogP contribution in [0.25, 0.3) is 0 Å². The van der Waals surface area contributed by atoms with E-state index in [4.69, 9.17) is 23.2 Å². The van der Waals surface area contributed by atoms with Gasteiger partial charge in [0.15, 0.2) is 0 Å². The SMILES string of the molecule is Fc1ccc(CN2CCN(Cc3ccc(Cl)c(Cl)c3)CC2)cc1. The Morgan fingerprint density at radius 3 is 1.83 bits per heavy atom. The van der Waals surface area contributed by atoms with Gasteiger partial charge in [0, 0.05) is 39.3 Å². The van der Waals surface area contributed by atoms with Gasteiger partial charge in [-0.2, -0.15) is 0 Å². The maximum absolute atomic E-state index is 12.9. The van der Waals surface area contributed by atoms with Crippen molar-refractivity contribution in [1.29, 1.82) is 0 Å². The zero-order chi connectivity index (χ0) is 16.2. The van der Waals surface area contributed by atoms with Gasteiger partial charge in [0.05, 0.1) is 10.0 Å². The second-order valence-corrected chi connectivity index (χ2v) is 6.74. The molecule has 1 aliphatic heterocycles. The standard InChI is InChI=1S/C18H19Cl2FN2/c19-17-6-3-15(11-18(17)20)13-23-9-7-22(8-10-23)12-14-1-4-16(21)5-2-14/h1-6,11H,7-10,12-13H2. The molecule has 2 aromatic rings. The second kappa shape index (κ2) is 7.63. The Morgan fingerprint density at radius 2 is 1.26 bits per heavy atom. The van der Waals surface area contributed by atoms with Crippen molar-refractivity contribution in [2.24, 2.45) is 0 Å². The number of rotatable bonds is 4. The summed E-state index contributed by atoms with van der Waals surface area (Å²) in [6, 6.07) is 12.6. The van der Waals surface area contributed by atoms with E-state index in [2.05, 4.69) is 9.80 Å². The van der Waals surface area contributed by atoms with Crippen molar-refractivity contribution in [2.75, 3.05) is 26.2 Å². The summed E-state index contributed by atoms with van der Waals surface area (Å²) in [6.45, 7) is 5.82. The molecule has 0 unspecified atom stereocenters. The molecule has 0 saturated carbocycles. The third-order valence-electron chi connectivity index (χ3n) is 4.17. The van der Waals surface area contributed by atoms with E-state index in [0.29, 0.717) is 10.0 Å². The van der Waals surface area contributed by atoms with Gasteiger partial charge in [-0.3, -0.25) is 9.80 Å². The summed E-state index contributed by atoms with van der Waals surface area (Å²) >= 11 is 12.0. The third kappa shape index (κ3) is 4.67. The van der Waals surface area contributed by atoms with Gasteiger partial charge in [0.1, 0.15) is 5.82 Å². The summed E-state index contributed by atoms with van der Waals surface area (Å²) in [4.78, 5) is 4.82. The van der Waals surface area contributed by atoms with Gasteiger partial charge in [-0.15, -0.1) is 0 Å². The monoisotopic (exact) mass is 352 g/mol. The molecule has 5 heteroatoms. The molecular formula is C18H19Cl2FN2. The summed E-state index contributed by atoms with van der Waals surface area (Å²) in [5, 5.41) is 1.21. The van der Waals surface area contributed by atoms with Crippen LogP contribution < -0.4 is 0 Å². The molecule has 0 amide bonds. The fourth-order valence-electron chi connectivity index (χ4n) is 2.85. The normalized spacial score (nSPS) is 16.7. The third-order valence-corrected chi connectivity index (χ3v) is 4.91. The first-order chi connectivity index (χ1) is 11.1. The molecule has 2 nitrogen and oxygen atoms in total. The van der Waals surface area contributed by atoms with E-state index in [-0.39, 0.29) is 5.82 Å². The highest BCUT2D eigenvalue weighted by Crippen LogP contribution is 2.23. The number of piperazine rings is 1. The highest BCUT2D eigenvalue weighted by atomic mass is 35.5. The Bertz CT molecular complexity index is 653. The van der Waals surface area contributed by atoms with Crippen LogP contribution in [0, 0.1) is 5.82 Å². The van der Waals surface area contributed by atoms with Crippen molar-refractivity contribution in [1.82, 2.24) is 9.80 Å². The summed E-state index contributed by atoms with van der Waals surface area (Å²) in [5.41, 5.74) is 2.34. The predicted octanol–water partition coefficient (Wildman–Crippen LogP) is 4.45. The van der Waals surface area contributed by atoms with Gasteiger partial charge in [-0.05, 0) is 35.4 Å². The van der Waals surface area contributed by atoms with Gasteiger partial charge in [-0.25, -0.2) is 4.39 Å². The van der Waals surface area contributed by atoms with Crippen LogP contribution in [0.3, 0.4) is 0 Å². The highest BCUT2D eigenvalue weighted by molar-refractivity contribution is 6.42. The molecule has 0 aliphatic carbocycles. The second-order valence-electron chi connectivity index (χ2n) is 5.93. The van der Waals surface area contributed by atoms with Crippen molar-refractivity contribution < 1.29 is 4.39 Å². The largest absolute Gasteiger partial charge is 0.297 e. The molecule has 0 atom stereocenters. The molecule has 1 fully saturated rings. The Balaban J connectivity index is 1.50. The van der Waals surface area contributed by atoms with E-state index in [1.54, 1.807) is 0 Å². The number of hydrogen-bond acceptors (Lipinski definition) is 2. The van der Waals surface area contributed by atoms with E-state index in [9.17, 15) is 4.39 Å². The quantitative estimate of drug-likeness (QED) is 0.801. The molecule has 0 bridgehead atoms. The van der Waals surface area contributed by atoms with Gasteiger partial charge >= 0.3 is 0 Å². The van der Waals surface area contributed by atoms with Crippen LogP contribution in [-0.2, 0) is 13.1 Å². The van der Waals surface area contributed by atoms with E-state index >= 15 is 0 Å². The topological polar surface area (TPSA) is 6.48 Å². The first-order valence-corrected chi connectivity index (χ1v) is 8.49. The first kappa shape index (κ1) is 16.7. The molecule has 2 aromatic carbocycles. The van der Waals surface area contributed by atoms with Crippen molar-refractivity contribution in [3.63, 3.8) is 0 Å². The number of halogens is 3. The van der Waals surface area contributed by atoms with Crippen LogP contribution in [0.4, 0.5) is 4.39 Å². The minimum Gasteiger partial charge on any atom is -0.297 e. The van der Waals surface area contributed by atoms with E-state index in [1.165, 1.54) is 17.7 Å². The van der Waals surface area contributed by atoms with E-state index < -0.39 is 0 Å². The number of nitrogens with zero attached hydrogens (tertiary/aromatic N) is 2. The van der Waals surface area contributed by atoms with E-state index in [1.807, 2.05) is 30.3 Å². The van der Waals surface area contributed by atoms with Gasteiger partial charge in [-0.1, -0.05) is 41.4 Å². The number of hydrogen-bond donors (Lipinski definition) is 0. The molecule has 0 aromatic heterocycles. The van der Waals surface area contributed by atoms with Gasteiger partial charge < -0.3 is 0 Å². The predicted molar refractivity (Wildman–Crippen MR) is 93.4 cm³/mol. The highest BCUT2D eigenvalue weighted by Gasteiger charge is 2.17. The zero-order valence-corrected chi connectivity index (χ0v) is 14.3. The smallest absolute Gasteiger partial charge is 0.123 e. The molecule has 1 heterocycles. The minimum atomic E-state index is -0.180. The van der Waals surface area contributed by atoms with Crippen molar-refractivity contribution in [3.8, 4) is 0 Å². The Hall–Kier alpha value is -1.13. The lowest BCUT2D eigenvalue weighted by molar-refractivity contribution is 0.122. The molecule has 1 aliphatic rings. The lowest BCUT2D eigenvalue weighted by Crippen LogP contribution is -2.45. The maximum atomic E-state index is 12.9. The summed E-state index contributed by atoms with van der Waals surface area (Å²) in [6.07, 6.45) is 0. The fourth-order valence-corrected chi connectivity index (χ4v) is 3.17. The van der Waals surface area contributed by atoms with Crippen LogP contribution in [0.15, 0.2) is 42.5 Å². The average molecular weight is 353 g/mol. The molecule has 1 saturated heterocycles. The average Bonchev–Trinajstić information content (AvgIpc) is 2.55. The van der Waals surface area contributed by atoms with E-state index in [0.717, 1.165) is 44.8 Å².